The first-order chi connectivity index (χ1) is 11.2. The van der Waals surface area contributed by atoms with Gasteiger partial charge >= 0.3 is 0 Å². The van der Waals surface area contributed by atoms with Crippen molar-refractivity contribution >= 4 is 17.2 Å². The van der Waals surface area contributed by atoms with Crippen molar-refractivity contribution in [3.63, 3.8) is 0 Å². The van der Waals surface area contributed by atoms with Crippen LogP contribution in [-0.4, -0.2) is 23.1 Å². The summed E-state index contributed by atoms with van der Waals surface area (Å²) in [7, 11) is 0. The Bertz CT molecular complexity index is 735. The number of nitrogens with zero attached hydrogens (tertiary/aromatic N) is 2. The molecule has 0 saturated carbocycles. The Morgan fingerprint density at radius 1 is 1.22 bits per heavy atom. The highest BCUT2D eigenvalue weighted by atomic mass is 16.5. The van der Waals surface area contributed by atoms with Gasteiger partial charge in [0.05, 0.1) is 24.0 Å². The van der Waals surface area contributed by atoms with Gasteiger partial charge in [-0.05, 0) is 36.1 Å². The van der Waals surface area contributed by atoms with Gasteiger partial charge in [0.25, 0.3) is 0 Å². The van der Waals surface area contributed by atoms with Crippen molar-refractivity contribution in [2.75, 3.05) is 6.61 Å². The Morgan fingerprint density at radius 3 is 2.74 bits per heavy atom. The van der Waals surface area contributed by atoms with Gasteiger partial charge in [-0.1, -0.05) is 26.0 Å². The third-order valence-electron chi connectivity index (χ3n) is 4.21. The molecule has 0 radical (unpaired) electrons. The van der Waals surface area contributed by atoms with E-state index >= 15 is 0 Å². The van der Waals surface area contributed by atoms with Crippen molar-refractivity contribution in [2.45, 2.75) is 32.6 Å². The number of benzene rings is 1. The molecule has 118 valence electrons. The van der Waals surface area contributed by atoms with E-state index in [1.54, 1.807) is 18.5 Å². The van der Waals surface area contributed by atoms with Gasteiger partial charge in [-0.25, -0.2) is 0 Å². The lowest BCUT2D eigenvalue weighted by Crippen LogP contribution is -2.19. The minimum Gasteiger partial charge on any atom is -0.488 e. The van der Waals surface area contributed by atoms with Crippen LogP contribution >= 0.6 is 0 Å². The molecule has 1 aromatic carbocycles. The number of ether oxygens (including phenoxy) is 1. The highest BCUT2D eigenvalue weighted by molar-refractivity contribution is 6.16. The summed E-state index contributed by atoms with van der Waals surface area (Å²) in [6.07, 6.45) is 4.66. The summed E-state index contributed by atoms with van der Waals surface area (Å²) < 4.78 is 5.77. The molecule has 0 saturated heterocycles. The summed E-state index contributed by atoms with van der Waals surface area (Å²) in [4.78, 5) is 20.6. The molecule has 2 aromatic rings. The topological polar surface area (TPSA) is 51.6 Å². The zero-order valence-corrected chi connectivity index (χ0v) is 13.5. The van der Waals surface area contributed by atoms with E-state index < -0.39 is 0 Å². The number of aliphatic imine (C=N–C) groups is 1. The van der Waals surface area contributed by atoms with E-state index in [9.17, 15) is 4.79 Å². The van der Waals surface area contributed by atoms with E-state index in [1.807, 2.05) is 12.1 Å². The van der Waals surface area contributed by atoms with E-state index in [1.165, 1.54) is 5.56 Å². The zero-order valence-electron chi connectivity index (χ0n) is 13.5. The molecular weight excluding hydrogens is 288 g/mol. The molecule has 3 rings (SSSR count). The van der Waals surface area contributed by atoms with Gasteiger partial charge in [0, 0.05) is 11.8 Å². The number of carbonyl (C=O) groups excluding carboxylic acids is 1. The van der Waals surface area contributed by atoms with Gasteiger partial charge in [-0.2, -0.15) is 0 Å². The zero-order chi connectivity index (χ0) is 16.2. The molecule has 1 aliphatic heterocycles. The van der Waals surface area contributed by atoms with Gasteiger partial charge in [0.15, 0.2) is 5.78 Å². The maximum Gasteiger partial charge on any atom is 0.170 e. The van der Waals surface area contributed by atoms with E-state index in [4.69, 9.17) is 4.74 Å². The van der Waals surface area contributed by atoms with Crippen LogP contribution in [0.5, 0.6) is 5.75 Å². The smallest absolute Gasteiger partial charge is 0.170 e. The molecule has 1 unspecified atom stereocenters. The minimum atomic E-state index is 0.0723. The predicted molar refractivity (Wildman–Crippen MR) is 90.9 cm³/mol. The molecule has 1 aromatic heterocycles. The molecule has 0 N–H and O–H groups in total. The first-order valence-electron chi connectivity index (χ1n) is 7.93. The van der Waals surface area contributed by atoms with E-state index in [-0.39, 0.29) is 5.78 Å². The molecule has 0 amide bonds. The standard InChI is InChI=1S/C19H20N2O2/c1-3-13(2)14-4-6-16(7-5-14)23-12-15-10-19(22)17-8-9-20-11-18(17)21-15/h4-9,11,13H,3,10,12H2,1-2H3. The van der Waals surface area contributed by atoms with Crippen LogP contribution in [0.4, 0.5) is 5.69 Å². The Hall–Kier alpha value is -2.49. The first-order valence-corrected chi connectivity index (χ1v) is 7.93. The number of hydrogen-bond donors (Lipinski definition) is 0. The highest BCUT2D eigenvalue weighted by Gasteiger charge is 2.20. The van der Waals surface area contributed by atoms with Crippen LogP contribution in [-0.2, 0) is 0 Å². The fourth-order valence-corrected chi connectivity index (χ4v) is 2.58. The summed E-state index contributed by atoms with van der Waals surface area (Å²) in [5, 5.41) is 0. The van der Waals surface area contributed by atoms with Crippen molar-refractivity contribution in [3.8, 4) is 5.75 Å². The van der Waals surface area contributed by atoms with E-state index in [0.717, 1.165) is 17.9 Å². The molecule has 0 aliphatic carbocycles. The summed E-state index contributed by atoms with van der Waals surface area (Å²) in [6, 6.07) is 9.85. The maximum absolute atomic E-state index is 12.1. The second-order valence-electron chi connectivity index (χ2n) is 5.84. The molecular formula is C19H20N2O2. The molecule has 23 heavy (non-hydrogen) atoms. The molecule has 4 nitrogen and oxygen atoms in total. The van der Waals surface area contributed by atoms with Crippen molar-refractivity contribution in [1.29, 1.82) is 0 Å². The van der Waals surface area contributed by atoms with Crippen molar-refractivity contribution in [2.24, 2.45) is 4.99 Å². The quantitative estimate of drug-likeness (QED) is 0.826. The van der Waals surface area contributed by atoms with Gasteiger partial charge in [-0.3, -0.25) is 14.8 Å². The summed E-state index contributed by atoms with van der Waals surface area (Å²) in [5.41, 5.74) is 3.32. The average molecular weight is 308 g/mol. The Balaban J connectivity index is 1.67. The van der Waals surface area contributed by atoms with Crippen molar-refractivity contribution in [1.82, 2.24) is 4.98 Å². The maximum atomic E-state index is 12.1. The Kier molecular flexibility index (Phi) is 4.51. The minimum absolute atomic E-state index is 0.0723. The monoisotopic (exact) mass is 308 g/mol. The summed E-state index contributed by atoms with van der Waals surface area (Å²) >= 11 is 0. The number of pyridine rings is 1. The number of hydrogen-bond acceptors (Lipinski definition) is 4. The summed E-state index contributed by atoms with van der Waals surface area (Å²) in [6.45, 7) is 4.71. The fourth-order valence-electron chi connectivity index (χ4n) is 2.58. The largest absolute Gasteiger partial charge is 0.488 e. The second kappa shape index (κ2) is 6.73. The number of Topliss-reactive ketones (excluding diaryl/α,β-unsaturated/α-hetero) is 1. The van der Waals surface area contributed by atoms with Crippen molar-refractivity contribution < 1.29 is 9.53 Å². The molecule has 4 heteroatoms. The predicted octanol–water partition coefficient (Wildman–Crippen LogP) is 4.33. The molecule has 2 heterocycles. The van der Waals surface area contributed by atoms with Crippen LogP contribution < -0.4 is 4.74 Å². The van der Waals surface area contributed by atoms with Gasteiger partial charge in [0.2, 0.25) is 0 Å². The fraction of sp³-hybridized carbons (Fsp3) is 0.316. The van der Waals surface area contributed by atoms with Crippen LogP contribution in [0.15, 0.2) is 47.7 Å². The van der Waals surface area contributed by atoms with Gasteiger partial charge in [0.1, 0.15) is 12.4 Å². The highest BCUT2D eigenvalue weighted by Crippen LogP contribution is 2.25. The Labute approximate surface area is 136 Å². The van der Waals surface area contributed by atoms with Gasteiger partial charge in [-0.15, -0.1) is 0 Å². The lowest BCUT2D eigenvalue weighted by Gasteiger charge is -2.15. The molecule has 1 aliphatic rings. The number of fused-ring (bicyclic) bond motifs is 1. The number of carbonyl (C=O) groups is 1. The van der Waals surface area contributed by atoms with Crippen LogP contribution in [0.3, 0.4) is 0 Å². The molecule has 1 atom stereocenters. The van der Waals surface area contributed by atoms with E-state index in [2.05, 4.69) is 36.0 Å². The normalized spacial score (nSPS) is 14.9. The van der Waals surface area contributed by atoms with Crippen LogP contribution in [0.2, 0.25) is 0 Å². The second-order valence-corrected chi connectivity index (χ2v) is 5.84. The molecule has 0 spiro atoms. The third kappa shape index (κ3) is 3.47. The van der Waals surface area contributed by atoms with E-state index in [0.29, 0.717) is 30.2 Å². The van der Waals surface area contributed by atoms with Crippen LogP contribution in [0.25, 0.3) is 0 Å². The lowest BCUT2D eigenvalue weighted by atomic mass is 9.99. The SMILES string of the molecule is CCC(C)c1ccc(OCC2=Nc3cnccc3C(=O)C2)cc1. The number of ketones is 1. The molecule has 0 bridgehead atoms. The Morgan fingerprint density at radius 2 is 2.00 bits per heavy atom. The van der Waals surface area contributed by atoms with Crippen molar-refractivity contribution in [3.05, 3.63) is 53.9 Å². The lowest BCUT2D eigenvalue weighted by molar-refractivity contribution is 0.0998. The average Bonchev–Trinajstić information content (AvgIpc) is 2.60. The first kappa shape index (κ1) is 15.4. The number of aromatic nitrogens is 1. The van der Waals surface area contributed by atoms with Gasteiger partial charge < -0.3 is 4.74 Å². The third-order valence-corrected chi connectivity index (χ3v) is 4.21. The summed E-state index contributed by atoms with van der Waals surface area (Å²) in [5.74, 6) is 1.42. The van der Waals surface area contributed by atoms with Crippen LogP contribution in [0.1, 0.15) is 48.5 Å². The molecule has 0 fully saturated rings. The number of rotatable bonds is 5. The van der Waals surface area contributed by atoms with Crippen LogP contribution in [0, 0.1) is 0 Å².